The summed E-state index contributed by atoms with van der Waals surface area (Å²) in [6.07, 6.45) is 1.15. The fourth-order valence-electron chi connectivity index (χ4n) is 4.13. The molecule has 6 nitrogen and oxygen atoms in total. The van der Waals surface area contributed by atoms with E-state index in [4.69, 9.17) is 4.74 Å². The quantitative estimate of drug-likeness (QED) is 0.440. The maximum Gasteiger partial charge on any atom is 0.263 e. The van der Waals surface area contributed by atoms with Crippen LogP contribution in [0.3, 0.4) is 0 Å². The molecule has 0 aliphatic rings. The molecule has 5 aromatic rings. The van der Waals surface area contributed by atoms with E-state index in [0.717, 1.165) is 32.7 Å². The van der Waals surface area contributed by atoms with Crippen LogP contribution in [0.15, 0.2) is 59.5 Å². The Balaban J connectivity index is 1.65. The Labute approximate surface area is 178 Å². The molecule has 0 spiro atoms. The van der Waals surface area contributed by atoms with Crippen LogP contribution in [0.2, 0.25) is 0 Å². The highest BCUT2D eigenvalue weighted by Gasteiger charge is 2.19. The molecule has 3 heterocycles. The third-order valence-electron chi connectivity index (χ3n) is 5.63. The molecule has 0 saturated heterocycles. The average molecular weight is 413 g/mol. The first-order chi connectivity index (χ1) is 15.0. The van der Waals surface area contributed by atoms with Gasteiger partial charge in [-0.1, -0.05) is 32.0 Å². The number of benzene rings is 2. The molecule has 31 heavy (non-hydrogen) atoms. The van der Waals surface area contributed by atoms with Crippen LogP contribution in [0.1, 0.15) is 20.8 Å². The Hall–Kier alpha value is -3.67. The number of aromatic nitrogens is 2. The number of nitrogens with zero attached hydrogens (tertiary/aromatic N) is 2. The van der Waals surface area contributed by atoms with Gasteiger partial charge in [-0.3, -0.25) is 19.0 Å². The zero-order valence-corrected chi connectivity index (χ0v) is 17.7. The minimum absolute atomic E-state index is 0.0637. The van der Waals surface area contributed by atoms with Gasteiger partial charge in [0.25, 0.3) is 11.5 Å². The lowest BCUT2D eigenvalue weighted by Crippen LogP contribution is -2.38. The number of amides is 1. The summed E-state index contributed by atoms with van der Waals surface area (Å²) in [6, 6.07) is 15.0. The molecular weight excluding hydrogens is 390 g/mol. The number of carbonyl (C=O) groups is 1. The highest BCUT2D eigenvalue weighted by Crippen LogP contribution is 2.34. The van der Waals surface area contributed by atoms with Crippen LogP contribution in [0.25, 0.3) is 38.1 Å². The van der Waals surface area contributed by atoms with E-state index in [9.17, 15) is 9.59 Å². The van der Waals surface area contributed by atoms with Gasteiger partial charge >= 0.3 is 0 Å². The average Bonchev–Trinajstić information content (AvgIpc) is 3.10. The van der Waals surface area contributed by atoms with Crippen molar-refractivity contribution in [2.24, 2.45) is 5.92 Å². The summed E-state index contributed by atoms with van der Waals surface area (Å²) in [5, 5.41) is 6.21. The minimum atomic E-state index is -0.622. The fourth-order valence-corrected chi connectivity index (χ4v) is 4.13. The van der Waals surface area contributed by atoms with Gasteiger partial charge in [0.05, 0.1) is 16.6 Å². The molecule has 0 bridgehead atoms. The predicted molar refractivity (Wildman–Crippen MR) is 123 cm³/mol. The van der Waals surface area contributed by atoms with Crippen LogP contribution in [-0.4, -0.2) is 27.9 Å². The minimum Gasteiger partial charge on any atom is -0.481 e. The Morgan fingerprint density at radius 1 is 1.03 bits per heavy atom. The van der Waals surface area contributed by atoms with E-state index in [-0.39, 0.29) is 11.5 Å². The molecular formula is C25H23N3O3. The normalized spacial score (nSPS) is 12.9. The Morgan fingerprint density at radius 2 is 1.81 bits per heavy atom. The van der Waals surface area contributed by atoms with Gasteiger partial charge < -0.3 is 10.1 Å². The standard InChI is InChI=1S/C25H23N3O3/c1-14(2)13-27-24(29)15(3)31-16-8-9-21-20(12-16)18-10-11-26-22-17-6-4-5-7-19(17)25(30)28(21)23(18)22/h4-12,14-15H,13H2,1-3H3,(H,27,29). The summed E-state index contributed by atoms with van der Waals surface area (Å²) in [4.78, 5) is 30.2. The Morgan fingerprint density at radius 3 is 2.58 bits per heavy atom. The first kappa shape index (κ1) is 19.3. The van der Waals surface area contributed by atoms with Crippen LogP contribution in [-0.2, 0) is 4.79 Å². The molecule has 0 saturated carbocycles. The number of ether oxygens (including phenoxy) is 1. The summed E-state index contributed by atoms with van der Waals surface area (Å²) >= 11 is 0. The highest BCUT2D eigenvalue weighted by molar-refractivity contribution is 6.18. The summed E-state index contributed by atoms with van der Waals surface area (Å²) in [5.41, 5.74) is 2.34. The number of carbonyl (C=O) groups excluding carboxylic acids is 1. The topological polar surface area (TPSA) is 72.7 Å². The zero-order valence-electron chi connectivity index (χ0n) is 17.7. The van der Waals surface area contributed by atoms with E-state index in [2.05, 4.69) is 10.3 Å². The molecule has 0 fully saturated rings. The Kier molecular flexibility index (Phi) is 4.50. The second-order valence-electron chi connectivity index (χ2n) is 8.32. The van der Waals surface area contributed by atoms with E-state index in [1.807, 2.05) is 56.3 Å². The van der Waals surface area contributed by atoms with Gasteiger partial charge in [-0.25, -0.2) is 0 Å². The molecule has 1 atom stereocenters. The number of rotatable bonds is 5. The second kappa shape index (κ2) is 7.23. The molecule has 0 radical (unpaired) electrons. The largest absolute Gasteiger partial charge is 0.481 e. The van der Waals surface area contributed by atoms with E-state index in [0.29, 0.717) is 23.6 Å². The lowest BCUT2D eigenvalue weighted by Gasteiger charge is -2.15. The van der Waals surface area contributed by atoms with Crippen molar-refractivity contribution < 1.29 is 9.53 Å². The lowest BCUT2D eigenvalue weighted by atomic mass is 10.1. The van der Waals surface area contributed by atoms with Gasteiger partial charge in [0.15, 0.2) is 6.10 Å². The van der Waals surface area contributed by atoms with Gasteiger partial charge in [0.1, 0.15) is 5.75 Å². The van der Waals surface area contributed by atoms with Gasteiger partial charge in [-0.2, -0.15) is 0 Å². The Bertz CT molecular complexity index is 1500. The van der Waals surface area contributed by atoms with E-state index < -0.39 is 6.10 Å². The lowest BCUT2D eigenvalue weighted by molar-refractivity contribution is -0.127. The molecule has 1 amide bonds. The van der Waals surface area contributed by atoms with Gasteiger partial charge in [0.2, 0.25) is 0 Å². The van der Waals surface area contributed by atoms with Crippen molar-refractivity contribution in [1.82, 2.24) is 14.7 Å². The van der Waals surface area contributed by atoms with Crippen LogP contribution >= 0.6 is 0 Å². The van der Waals surface area contributed by atoms with E-state index in [1.54, 1.807) is 23.6 Å². The molecule has 1 unspecified atom stereocenters. The SMILES string of the molecule is CC(C)CNC(=O)C(C)Oc1ccc2c(c1)c1ccnc3c4ccccc4c(=O)n2c13. The van der Waals surface area contributed by atoms with Crippen molar-refractivity contribution in [1.29, 1.82) is 0 Å². The van der Waals surface area contributed by atoms with Crippen molar-refractivity contribution >= 4 is 44.0 Å². The maximum atomic E-state index is 13.3. The molecule has 2 aromatic carbocycles. The van der Waals surface area contributed by atoms with Gasteiger partial charge in [0, 0.05) is 34.3 Å². The smallest absolute Gasteiger partial charge is 0.263 e. The first-order valence-corrected chi connectivity index (χ1v) is 10.5. The van der Waals surface area contributed by atoms with E-state index >= 15 is 0 Å². The monoisotopic (exact) mass is 413 g/mol. The fraction of sp³-hybridized carbons (Fsp3) is 0.240. The van der Waals surface area contributed by atoms with E-state index in [1.165, 1.54) is 0 Å². The molecule has 1 N–H and O–H groups in total. The zero-order chi connectivity index (χ0) is 21.7. The van der Waals surface area contributed by atoms with Crippen LogP contribution < -0.4 is 15.6 Å². The first-order valence-electron chi connectivity index (χ1n) is 10.5. The van der Waals surface area contributed by atoms with Gasteiger partial charge in [-0.15, -0.1) is 0 Å². The molecule has 3 aromatic heterocycles. The van der Waals surface area contributed by atoms with Crippen molar-refractivity contribution in [3.05, 3.63) is 65.1 Å². The van der Waals surface area contributed by atoms with Crippen LogP contribution in [0, 0.1) is 5.92 Å². The molecule has 0 aliphatic heterocycles. The van der Waals surface area contributed by atoms with Crippen molar-refractivity contribution in [3.63, 3.8) is 0 Å². The third kappa shape index (κ3) is 3.06. The number of hydrogen-bond acceptors (Lipinski definition) is 4. The predicted octanol–water partition coefficient (Wildman–Crippen LogP) is 4.13. The molecule has 6 heteroatoms. The molecule has 5 rings (SSSR count). The summed E-state index contributed by atoms with van der Waals surface area (Å²) in [6.45, 7) is 6.44. The number of fused-ring (bicyclic) bond motifs is 5. The summed E-state index contributed by atoms with van der Waals surface area (Å²) in [7, 11) is 0. The molecule has 0 aliphatic carbocycles. The third-order valence-corrected chi connectivity index (χ3v) is 5.63. The summed E-state index contributed by atoms with van der Waals surface area (Å²) in [5.74, 6) is 0.810. The number of hydrogen-bond donors (Lipinski definition) is 1. The number of pyridine rings is 2. The highest BCUT2D eigenvalue weighted by atomic mass is 16.5. The van der Waals surface area contributed by atoms with Crippen LogP contribution in [0.5, 0.6) is 5.75 Å². The number of nitrogens with one attached hydrogen (secondary N) is 1. The van der Waals surface area contributed by atoms with Crippen molar-refractivity contribution in [2.45, 2.75) is 26.9 Å². The summed E-state index contributed by atoms with van der Waals surface area (Å²) < 4.78 is 7.66. The van der Waals surface area contributed by atoms with Crippen molar-refractivity contribution in [3.8, 4) is 5.75 Å². The molecule has 156 valence electrons. The van der Waals surface area contributed by atoms with Crippen molar-refractivity contribution in [2.75, 3.05) is 6.54 Å². The maximum absolute atomic E-state index is 13.3. The second-order valence-corrected chi connectivity index (χ2v) is 8.32. The van der Waals surface area contributed by atoms with Gasteiger partial charge in [-0.05, 0) is 43.2 Å². The van der Waals surface area contributed by atoms with Crippen LogP contribution in [0.4, 0.5) is 0 Å².